The first kappa shape index (κ1) is 16.4. The molecule has 0 aromatic carbocycles. The molecule has 17 heavy (non-hydrogen) atoms. The summed E-state index contributed by atoms with van der Waals surface area (Å²) in [5.74, 6) is -4.08. The summed E-state index contributed by atoms with van der Waals surface area (Å²) in [6.45, 7) is 2.98. The van der Waals surface area contributed by atoms with Gasteiger partial charge in [0.1, 0.15) is 5.78 Å². The molecule has 0 aromatic rings. The van der Waals surface area contributed by atoms with E-state index >= 15 is 0 Å². The van der Waals surface area contributed by atoms with Crippen LogP contribution in [-0.2, 0) is 18.4 Å². The monoisotopic (exact) mass is 277 g/mol. The van der Waals surface area contributed by atoms with Gasteiger partial charge in [0.2, 0.25) is 0 Å². The first-order chi connectivity index (χ1) is 7.58. The molecule has 0 aromatic heterocycles. The Bertz CT molecular complexity index is 310. The van der Waals surface area contributed by atoms with Crippen LogP contribution in [0, 0.1) is 5.92 Å². The Morgan fingerprint density at radius 1 is 1.24 bits per heavy atom. The van der Waals surface area contributed by atoms with E-state index in [0.717, 1.165) is 14.2 Å². The van der Waals surface area contributed by atoms with E-state index in [-0.39, 0.29) is 0 Å². The smallest absolute Gasteiger partial charge is 0.334 e. The summed E-state index contributed by atoms with van der Waals surface area (Å²) in [7, 11) is -1.72. The van der Waals surface area contributed by atoms with Gasteiger partial charge in [-0.3, -0.25) is 9.36 Å². The van der Waals surface area contributed by atoms with E-state index in [1.165, 1.54) is 13.8 Å². The van der Waals surface area contributed by atoms with Crippen molar-refractivity contribution < 1.29 is 31.6 Å². The minimum atomic E-state index is -5.04. The van der Waals surface area contributed by atoms with Crippen molar-refractivity contribution in [3.05, 3.63) is 0 Å². The van der Waals surface area contributed by atoms with E-state index in [9.17, 15) is 22.5 Å². The van der Waals surface area contributed by atoms with Gasteiger partial charge in [-0.2, -0.15) is 13.2 Å². The third-order valence-corrected chi connectivity index (χ3v) is 4.44. The van der Waals surface area contributed by atoms with Gasteiger partial charge in [-0.1, -0.05) is 13.8 Å². The number of nitrogens with one attached hydrogen (secondary N) is 1. The fraction of sp³-hybridized carbons (Fsp3) is 0.875. The lowest BCUT2D eigenvalue weighted by molar-refractivity contribution is -0.174. The normalized spacial score (nSPS) is 14.8. The number of alkyl halides is 3. The van der Waals surface area contributed by atoms with Crippen LogP contribution in [0.5, 0.6) is 0 Å². The first-order valence-corrected chi connectivity index (χ1v) is 6.28. The molecule has 102 valence electrons. The number of amides is 1. The maximum absolute atomic E-state index is 12.1. The molecule has 0 aliphatic carbocycles. The van der Waals surface area contributed by atoms with Gasteiger partial charge in [-0.25, -0.2) is 0 Å². The van der Waals surface area contributed by atoms with E-state index < -0.39 is 31.4 Å². The predicted molar refractivity (Wildman–Crippen MR) is 54.4 cm³/mol. The third kappa shape index (κ3) is 4.29. The Labute approximate surface area is 97.2 Å². The number of rotatable bonds is 5. The van der Waals surface area contributed by atoms with Crippen molar-refractivity contribution in [2.45, 2.75) is 25.8 Å². The minimum Gasteiger partial charge on any atom is -0.334 e. The number of carbonyl (C=O) groups is 1. The lowest BCUT2D eigenvalue weighted by atomic mass is 10.2. The van der Waals surface area contributed by atoms with E-state index in [0.29, 0.717) is 0 Å². The SMILES string of the molecule is COP(=O)(OC)C(NC(=O)C(F)(F)F)C(C)C. The molecule has 1 N–H and O–H groups in total. The quantitative estimate of drug-likeness (QED) is 0.782. The van der Waals surface area contributed by atoms with E-state index in [1.807, 2.05) is 0 Å². The van der Waals surface area contributed by atoms with Gasteiger partial charge in [-0.15, -0.1) is 0 Å². The molecule has 1 atom stereocenters. The highest BCUT2D eigenvalue weighted by atomic mass is 31.2. The molecule has 1 amide bonds. The molecule has 0 rings (SSSR count). The van der Waals surface area contributed by atoms with Gasteiger partial charge in [0.05, 0.1) is 0 Å². The Morgan fingerprint density at radius 2 is 1.65 bits per heavy atom. The van der Waals surface area contributed by atoms with Crippen molar-refractivity contribution in [2.24, 2.45) is 5.92 Å². The second kappa shape index (κ2) is 5.84. The van der Waals surface area contributed by atoms with Crippen LogP contribution in [0.4, 0.5) is 13.2 Å². The molecule has 0 saturated heterocycles. The van der Waals surface area contributed by atoms with Crippen LogP contribution in [-0.4, -0.2) is 32.1 Å². The number of carbonyl (C=O) groups excluding carboxylic acids is 1. The first-order valence-electron chi connectivity index (χ1n) is 4.67. The van der Waals surface area contributed by atoms with E-state index in [4.69, 9.17) is 0 Å². The highest BCUT2D eigenvalue weighted by molar-refractivity contribution is 7.54. The standard InChI is InChI=1S/C8H15F3NO4P/c1-5(2)6(17(14,15-3)16-4)12-7(13)8(9,10)11/h5-6H,1-4H3,(H,12,13). The van der Waals surface area contributed by atoms with E-state index in [2.05, 4.69) is 9.05 Å². The van der Waals surface area contributed by atoms with Gasteiger partial charge < -0.3 is 14.4 Å². The van der Waals surface area contributed by atoms with Crippen LogP contribution in [0.15, 0.2) is 0 Å². The Balaban J connectivity index is 5.03. The third-order valence-electron chi connectivity index (χ3n) is 2.02. The van der Waals surface area contributed by atoms with Gasteiger partial charge in [0, 0.05) is 14.2 Å². The Hall–Kier alpha value is -0.590. The Kier molecular flexibility index (Phi) is 5.64. The summed E-state index contributed by atoms with van der Waals surface area (Å²) >= 11 is 0. The van der Waals surface area contributed by atoms with Gasteiger partial charge in [-0.05, 0) is 5.92 Å². The molecule has 0 saturated carbocycles. The van der Waals surface area contributed by atoms with Gasteiger partial charge >= 0.3 is 19.7 Å². The van der Waals surface area contributed by atoms with Crippen LogP contribution in [0.3, 0.4) is 0 Å². The maximum atomic E-state index is 12.1. The lowest BCUT2D eigenvalue weighted by Crippen LogP contribution is -2.45. The second-order valence-electron chi connectivity index (χ2n) is 3.57. The van der Waals surface area contributed by atoms with Crippen molar-refractivity contribution in [3.63, 3.8) is 0 Å². The summed E-state index contributed by atoms with van der Waals surface area (Å²) in [5.41, 5.74) is 0. The zero-order valence-corrected chi connectivity index (χ0v) is 10.8. The topological polar surface area (TPSA) is 64.6 Å². The van der Waals surface area contributed by atoms with Crippen molar-refractivity contribution in [2.75, 3.05) is 14.2 Å². The lowest BCUT2D eigenvalue weighted by Gasteiger charge is -2.28. The van der Waals surface area contributed by atoms with Gasteiger partial charge in [0.25, 0.3) is 0 Å². The zero-order chi connectivity index (χ0) is 13.9. The number of hydrogen-bond donors (Lipinski definition) is 1. The van der Waals surface area contributed by atoms with Crippen LogP contribution in [0.25, 0.3) is 0 Å². The second-order valence-corrected chi connectivity index (χ2v) is 5.93. The molecule has 0 heterocycles. The molecule has 0 fully saturated rings. The number of halogens is 3. The van der Waals surface area contributed by atoms with Crippen LogP contribution < -0.4 is 5.32 Å². The molecular weight excluding hydrogens is 262 g/mol. The molecule has 9 heteroatoms. The molecule has 0 aliphatic heterocycles. The van der Waals surface area contributed by atoms with Crippen LogP contribution >= 0.6 is 7.60 Å². The maximum Gasteiger partial charge on any atom is 0.471 e. The van der Waals surface area contributed by atoms with Crippen LogP contribution in [0.2, 0.25) is 0 Å². The molecule has 1 unspecified atom stereocenters. The van der Waals surface area contributed by atoms with Crippen LogP contribution in [0.1, 0.15) is 13.8 Å². The molecule has 0 radical (unpaired) electrons. The largest absolute Gasteiger partial charge is 0.471 e. The fourth-order valence-electron chi connectivity index (χ4n) is 1.13. The minimum absolute atomic E-state index is 0.549. The number of hydrogen-bond acceptors (Lipinski definition) is 4. The van der Waals surface area contributed by atoms with Crippen molar-refractivity contribution >= 4 is 13.5 Å². The van der Waals surface area contributed by atoms with Gasteiger partial charge in [0.15, 0.2) is 0 Å². The zero-order valence-electron chi connectivity index (χ0n) is 9.87. The highest BCUT2D eigenvalue weighted by Gasteiger charge is 2.45. The van der Waals surface area contributed by atoms with Crippen molar-refractivity contribution in [1.29, 1.82) is 0 Å². The predicted octanol–water partition coefficient (Wildman–Crippen LogP) is 2.13. The molecule has 0 bridgehead atoms. The summed E-state index contributed by atoms with van der Waals surface area (Å²) in [4.78, 5) is 10.8. The molecule has 5 nitrogen and oxygen atoms in total. The molecular formula is C8H15F3NO4P. The average Bonchev–Trinajstić information content (AvgIpc) is 2.22. The Morgan fingerprint density at radius 3 is 1.88 bits per heavy atom. The highest BCUT2D eigenvalue weighted by Crippen LogP contribution is 2.53. The fourth-order valence-corrected chi connectivity index (χ4v) is 2.74. The van der Waals surface area contributed by atoms with E-state index in [1.54, 1.807) is 5.32 Å². The summed E-state index contributed by atoms with van der Waals surface area (Å²) in [6.07, 6.45) is -5.04. The summed E-state index contributed by atoms with van der Waals surface area (Å²) in [5, 5.41) is 1.62. The van der Waals surface area contributed by atoms with Crippen molar-refractivity contribution in [1.82, 2.24) is 5.32 Å². The average molecular weight is 277 g/mol. The molecule has 0 spiro atoms. The summed E-state index contributed by atoms with van der Waals surface area (Å²) < 4.78 is 57.3. The summed E-state index contributed by atoms with van der Waals surface area (Å²) in [6, 6.07) is 0. The molecule has 0 aliphatic rings. The van der Waals surface area contributed by atoms with Crippen molar-refractivity contribution in [3.8, 4) is 0 Å².